The molecule has 1 spiro atoms. The molecule has 10 atom stereocenters. The van der Waals surface area contributed by atoms with E-state index in [0.717, 1.165) is 0 Å². The molecule has 0 amide bonds. The van der Waals surface area contributed by atoms with Crippen LogP contribution in [0.4, 0.5) is 0 Å². The second-order valence-corrected chi connectivity index (χ2v) is 10.1. The van der Waals surface area contributed by atoms with Gasteiger partial charge in [-0.3, -0.25) is 9.59 Å². The lowest BCUT2D eigenvalue weighted by Crippen LogP contribution is -2.62. The number of methoxy groups -OCH3 is 1. The molecule has 4 heterocycles. The molecule has 5 rings (SSSR count). The number of carbonyl (C=O) groups excluding carboxylic acids is 3. The Balaban J connectivity index is 1.54. The zero-order chi connectivity index (χ0) is 24.4. The molecule has 1 aromatic rings. The van der Waals surface area contributed by atoms with E-state index in [1.807, 2.05) is 6.92 Å². The first-order valence-electron chi connectivity index (χ1n) is 11.7. The van der Waals surface area contributed by atoms with Crippen molar-refractivity contribution in [3.8, 4) is 0 Å². The van der Waals surface area contributed by atoms with Crippen LogP contribution in [0.3, 0.4) is 0 Å². The monoisotopic (exact) mass is 478 g/mol. The van der Waals surface area contributed by atoms with Crippen molar-refractivity contribution in [2.45, 2.75) is 69.2 Å². The minimum absolute atomic E-state index is 0.103. The van der Waals surface area contributed by atoms with Gasteiger partial charge in [0.15, 0.2) is 11.9 Å². The number of aliphatic hydroxyl groups is 2. The van der Waals surface area contributed by atoms with Crippen LogP contribution in [0, 0.1) is 23.2 Å². The first kappa shape index (κ1) is 23.5. The van der Waals surface area contributed by atoms with Crippen LogP contribution >= 0.6 is 0 Å². The fraction of sp³-hybridized carbons (Fsp3) is 0.708. The van der Waals surface area contributed by atoms with Gasteiger partial charge >= 0.3 is 11.9 Å². The summed E-state index contributed by atoms with van der Waals surface area (Å²) in [6.45, 7) is 3.80. The lowest BCUT2D eigenvalue weighted by atomic mass is 9.52. The Morgan fingerprint density at radius 3 is 2.71 bits per heavy atom. The number of cyclic esters (lactones) is 1. The maximum Gasteiger partial charge on any atom is 0.338 e. The van der Waals surface area contributed by atoms with Crippen molar-refractivity contribution in [3.63, 3.8) is 0 Å². The van der Waals surface area contributed by atoms with E-state index < -0.39 is 65.3 Å². The van der Waals surface area contributed by atoms with Gasteiger partial charge in [-0.15, -0.1) is 0 Å². The normalized spacial score (nSPS) is 44.3. The zero-order valence-electron chi connectivity index (χ0n) is 19.3. The van der Waals surface area contributed by atoms with E-state index in [2.05, 4.69) is 0 Å². The van der Waals surface area contributed by atoms with E-state index in [1.54, 1.807) is 13.0 Å². The number of aliphatic hydroxyl groups excluding tert-OH is 2. The minimum atomic E-state index is -1.25. The Labute approximate surface area is 196 Å². The first-order valence-corrected chi connectivity index (χ1v) is 11.7. The highest BCUT2D eigenvalue weighted by molar-refractivity contribution is 6.00. The number of esters is 2. The molecular weight excluding hydrogens is 448 g/mol. The SMILES string of the molecule is COC(=O)[C@H]1O[C@@]12[C@H](C(=O)c1ccoc1)CCC1CO[C@@H](C(O)C3C(O)CC(=O)O[C@H]3C)[C@]12C. The standard InChI is InChI=1S/C24H30O10/c1-11-17(15(25)8-16(26)33-11)19(28)20-23(2)13(10-32-20)4-5-14(18(27)12-6-7-31-9-12)24(23)21(34-24)22(29)30-3/h6-7,9,11,13-15,17,19-21,25,28H,4-5,8,10H2,1-3H3/t11-,13?,14-,15?,17?,19?,20-,21+,23-,24-/m0/s1. The van der Waals surface area contributed by atoms with Crippen molar-refractivity contribution in [2.75, 3.05) is 13.7 Å². The molecule has 1 aliphatic carbocycles. The Kier molecular flexibility index (Phi) is 5.63. The van der Waals surface area contributed by atoms with Crippen LogP contribution in [-0.2, 0) is 28.5 Å². The third-order valence-corrected chi connectivity index (χ3v) is 8.65. The van der Waals surface area contributed by atoms with Gasteiger partial charge in [-0.25, -0.2) is 4.79 Å². The number of carbonyl (C=O) groups is 3. The van der Waals surface area contributed by atoms with Crippen LogP contribution < -0.4 is 0 Å². The number of ketones is 1. The summed E-state index contributed by atoms with van der Waals surface area (Å²) in [6.07, 6.45) is -1.28. The van der Waals surface area contributed by atoms with Crippen molar-refractivity contribution >= 4 is 17.7 Å². The quantitative estimate of drug-likeness (QED) is 0.355. The summed E-state index contributed by atoms with van der Waals surface area (Å²) in [4.78, 5) is 38.0. The van der Waals surface area contributed by atoms with E-state index in [-0.39, 0.29) is 18.1 Å². The van der Waals surface area contributed by atoms with Gasteiger partial charge in [-0.05, 0) is 31.7 Å². The highest BCUT2D eigenvalue weighted by Crippen LogP contribution is 2.68. The predicted molar refractivity (Wildman–Crippen MR) is 112 cm³/mol. The van der Waals surface area contributed by atoms with Gasteiger partial charge in [-0.2, -0.15) is 0 Å². The molecule has 3 saturated heterocycles. The number of furan rings is 1. The van der Waals surface area contributed by atoms with Gasteiger partial charge in [0.2, 0.25) is 0 Å². The number of rotatable bonds is 5. The van der Waals surface area contributed by atoms with Crippen LogP contribution in [0.2, 0.25) is 0 Å². The predicted octanol–water partition coefficient (Wildman–Crippen LogP) is 0.878. The lowest BCUT2D eigenvalue weighted by Gasteiger charge is -2.50. The molecule has 3 aliphatic heterocycles. The minimum Gasteiger partial charge on any atom is -0.472 e. The molecule has 0 aromatic carbocycles. The summed E-state index contributed by atoms with van der Waals surface area (Å²) in [5, 5.41) is 22.1. The molecule has 10 nitrogen and oxygen atoms in total. The molecule has 34 heavy (non-hydrogen) atoms. The second kappa shape index (κ2) is 8.15. The maximum atomic E-state index is 13.5. The van der Waals surface area contributed by atoms with Gasteiger partial charge in [0, 0.05) is 5.41 Å². The lowest BCUT2D eigenvalue weighted by molar-refractivity contribution is -0.188. The zero-order valence-corrected chi connectivity index (χ0v) is 19.3. The summed E-state index contributed by atoms with van der Waals surface area (Å²) in [5.41, 5.74) is -1.82. The van der Waals surface area contributed by atoms with E-state index in [1.165, 1.54) is 19.6 Å². The number of fused-ring (bicyclic) bond motifs is 2. The van der Waals surface area contributed by atoms with Crippen molar-refractivity contribution in [2.24, 2.45) is 23.2 Å². The largest absolute Gasteiger partial charge is 0.472 e. The van der Waals surface area contributed by atoms with Crippen LogP contribution in [0.1, 0.15) is 43.5 Å². The Morgan fingerprint density at radius 2 is 2.06 bits per heavy atom. The van der Waals surface area contributed by atoms with Gasteiger partial charge in [-0.1, -0.05) is 6.92 Å². The number of epoxide rings is 1. The van der Waals surface area contributed by atoms with E-state index in [9.17, 15) is 24.6 Å². The summed E-state index contributed by atoms with van der Waals surface area (Å²) in [6, 6.07) is 1.58. The van der Waals surface area contributed by atoms with Crippen molar-refractivity contribution in [1.82, 2.24) is 0 Å². The van der Waals surface area contributed by atoms with Crippen LogP contribution in [-0.4, -0.2) is 77.8 Å². The van der Waals surface area contributed by atoms with Gasteiger partial charge in [0.05, 0.1) is 62.1 Å². The smallest absolute Gasteiger partial charge is 0.338 e. The van der Waals surface area contributed by atoms with Crippen LogP contribution in [0.5, 0.6) is 0 Å². The fourth-order valence-electron chi connectivity index (χ4n) is 6.89. The topological polar surface area (TPSA) is 145 Å². The average molecular weight is 478 g/mol. The molecule has 0 bridgehead atoms. The number of Topliss-reactive ketones (excluding diaryl/α,β-unsaturated/α-hetero) is 1. The molecule has 186 valence electrons. The average Bonchev–Trinajstić information content (AvgIpc) is 3.13. The van der Waals surface area contributed by atoms with Crippen molar-refractivity contribution in [3.05, 3.63) is 24.2 Å². The van der Waals surface area contributed by atoms with E-state index in [0.29, 0.717) is 25.0 Å². The van der Waals surface area contributed by atoms with Gasteiger partial charge < -0.3 is 33.6 Å². The van der Waals surface area contributed by atoms with E-state index >= 15 is 0 Å². The highest BCUT2D eigenvalue weighted by atomic mass is 16.7. The molecule has 2 N–H and O–H groups in total. The Bertz CT molecular complexity index is 960. The van der Waals surface area contributed by atoms with Crippen molar-refractivity contribution < 1.29 is 48.0 Å². The maximum absolute atomic E-state index is 13.5. The molecule has 1 aromatic heterocycles. The molecular formula is C24H30O10. The Morgan fingerprint density at radius 1 is 1.29 bits per heavy atom. The molecule has 0 radical (unpaired) electrons. The second-order valence-electron chi connectivity index (χ2n) is 10.1. The Hall–Kier alpha value is -2.27. The summed E-state index contributed by atoms with van der Waals surface area (Å²) in [7, 11) is 1.26. The fourth-order valence-corrected chi connectivity index (χ4v) is 6.89. The summed E-state index contributed by atoms with van der Waals surface area (Å²) < 4.78 is 27.6. The summed E-state index contributed by atoms with van der Waals surface area (Å²) in [5.74, 6) is -2.91. The third kappa shape index (κ3) is 3.12. The molecule has 4 unspecified atom stereocenters. The molecule has 4 aliphatic rings. The molecule has 1 saturated carbocycles. The number of ether oxygens (including phenoxy) is 4. The number of hydrogen-bond donors (Lipinski definition) is 2. The number of hydrogen-bond acceptors (Lipinski definition) is 10. The van der Waals surface area contributed by atoms with Gasteiger partial charge in [0.1, 0.15) is 18.0 Å². The first-order chi connectivity index (χ1) is 16.2. The summed E-state index contributed by atoms with van der Waals surface area (Å²) >= 11 is 0. The highest BCUT2D eigenvalue weighted by Gasteiger charge is 2.81. The van der Waals surface area contributed by atoms with Crippen LogP contribution in [0.25, 0.3) is 0 Å². The van der Waals surface area contributed by atoms with Gasteiger partial charge in [0.25, 0.3) is 0 Å². The van der Waals surface area contributed by atoms with Crippen LogP contribution in [0.15, 0.2) is 23.0 Å². The van der Waals surface area contributed by atoms with E-state index in [4.69, 9.17) is 23.4 Å². The third-order valence-electron chi connectivity index (χ3n) is 8.65. The molecule has 10 heteroatoms. The molecule has 4 fully saturated rings. The van der Waals surface area contributed by atoms with Crippen molar-refractivity contribution in [1.29, 1.82) is 0 Å².